The van der Waals surface area contributed by atoms with E-state index in [2.05, 4.69) is 12.2 Å². The SMILES string of the molecule is CC[C@H](C)NC(=O)N1CCC2(CC1)CC(=O)N(Cc1ccc(Cl)cc1)C2. The standard InChI is InChI=1S/C20H28ClN3O2/c1-3-15(2)22-19(26)23-10-8-20(9-11-23)12-18(25)24(14-20)13-16-4-6-17(21)7-5-16/h4-7,15H,3,8-14H2,1-2H3,(H,22,26)/t15-/m0/s1. The molecule has 2 saturated heterocycles. The minimum atomic E-state index is 0.0245. The van der Waals surface area contributed by atoms with Crippen molar-refractivity contribution < 1.29 is 9.59 Å². The van der Waals surface area contributed by atoms with Crippen molar-refractivity contribution in [3.8, 4) is 0 Å². The molecular formula is C20H28ClN3O2. The first-order chi connectivity index (χ1) is 12.4. The van der Waals surface area contributed by atoms with E-state index in [0.29, 0.717) is 18.0 Å². The zero-order valence-corrected chi connectivity index (χ0v) is 16.4. The summed E-state index contributed by atoms with van der Waals surface area (Å²) in [6.07, 6.45) is 3.31. The summed E-state index contributed by atoms with van der Waals surface area (Å²) in [7, 11) is 0. The lowest BCUT2D eigenvalue weighted by atomic mass is 9.77. The van der Waals surface area contributed by atoms with Crippen LogP contribution in [0.2, 0.25) is 5.02 Å². The molecule has 0 radical (unpaired) electrons. The number of carbonyl (C=O) groups is 2. The molecule has 0 unspecified atom stereocenters. The number of halogens is 1. The number of hydrogen-bond donors (Lipinski definition) is 1. The maximum Gasteiger partial charge on any atom is 0.317 e. The Morgan fingerprint density at radius 1 is 1.27 bits per heavy atom. The van der Waals surface area contributed by atoms with E-state index in [1.165, 1.54) is 0 Å². The molecule has 2 aliphatic rings. The van der Waals surface area contributed by atoms with E-state index >= 15 is 0 Å². The van der Waals surface area contributed by atoms with Crippen LogP contribution in [0.5, 0.6) is 0 Å². The highest BCUT2D eigenvalue weighted by Crippen LogP contribution is 2.41. The third-order valence-corrected chi connectivity index (χ3v) is 6.04. The minimum Gasteiger partial charge on any atom is -0.338 e. The fourth-order valence-electron chi connectivity index (χ4n) is 3.86. The van der Waals surface area contributed by atoms with Crippen LogP contribution in [0.15, 0.2) is 24.3 Å². The number of carbonyl (C=O) groups excluding carboxylic acids is 2. The molecule has 5 nitrogen and oxygen atoms in total. The fraction of sp³-hybridized carbons (Fsp3) is 0.600. The molecule has 1 aromatic carbocycles. The first-order valence-corrected chi connectivity index (χ1v) is 9.86. The summed E-state index contributed by atoms with van der Waals surface area (Å²) in [5, 5.41) is 3.74. The van der Waals surface area contributed by atoms with Gasteiger partial charge in [0.25, 0.3) is 0 Å². The second-order valence-electron chi connectivity index (χ2n) is 7.80. The maximum absolute atomic E-state index is 12.5. The monoisotopic (exact) mass is 377 g/mol. The molecule has 1 spiro atoms. The Bertz CT molecular complexity index is 654. The minimum absolute atomic E-state index is 0.0245. The molecule has 2 aliphatic heterocycles. The Hall–Kier alpha value is -1.75. The maximum atomic E-state index is 12.5. The van der Waals surface area contributed by atoms with Crippen LogP contribution in [0.1, 0.15) is 45.1 Å². The summed E-state index contributed by atoms with van der Waals surface area (Å²) in [6, 6.07) is 7.89. The number of likely N-dealkylation sites (tertiary alicyclic amines) is 2. The van der Waals surface area contributed by atoms with Crippen molar-refractivity contribution in [2.45, 2.75) is 52.1 Å². The molecule has 3 rings (SSSR count). The lowest BCUT2D eigenvalue weighted by Crippen LogP contribution is -2.49. The Balaban J connectivity index is 1.55. The predicted octanol–water partition coefficient (Wildman–Crippen LogP) is 3.66. The number of hydrogen-bond acceptors (Lipinski definition) is 2. The summed E-state index contributed by atoms with van der Waals surface area (Å²) >= 11 is 5.94. The number of amides is 3. The molecule has 3 amide bonds. The first kappa shape index (κ1) is 19.0. The van der Waals surface area contributed by atoms with Crippen molar-refractivity contribution in [1.82, 2.24) is 15.1 Å². The highest BCUT2D eigenvalue weighted by Gasteiger charge is 2.45. The Kier molecular flexibility index (Phi) is 5.76. The van der Waals surface area contributed by atoms with E-state index in [0.717, 1.165) is 44.5 Å². The van der Waals surface area contributed by atoms with Crippen LogP contribution >= 0.6 is 11.6 Å². The van der Waals surface area contributed by atoms with E-state index < -0.39 is 0 Å². The first-order valence-electron chi connectivity index (χ1n) is 9.48. The van der Waals surface area contributed by atoms with Crippen molar-refractivity contribution in [1.29, 1.82) is 0 Å². The molecule has 0 aromatic heterocycles. The van der Waals surface area contributed by atoms with Gasteiger partial charge in [0.2, 0.25) is 5.91 Å². The normalized spacial score (nSPS) is 20.5. The predicted molar refractivity (Wildman–Crippen MR) is 103 cm³/mol. The molecule has 6 heteroatoms. The average molecular weight is 378 g/mol. The molecule has 0 saturated carbocycles. The largest absolute Gasteiger partial charge is 0.338 e. The van der Waals surface area contributed by atoms with Gasteiger partial charge in [-0.3, -0.25) is 4.79 Å². The molecule has 2 heterocycles. The van der Waals surface area contributed by atoms with Crippen LogP contribution in [0.4, 0.5) is 4.79 Å². The number of nitrogens with zero attached hydrogens (tertiary/aromatic N) is 2. The third-order valence-electron chi connectivity index (χ3n) is 5.79. The van der Waals surface area contributed by atoms with E-state index in [-0.39, 0.29) is 23.4 Å². The molecule has 142 valence electrons. The van der Waals surface area contributed by atoms with Crippen LogP contribution in [-0.4, -0.2) is 47.4 Å². The van der Waals surface area contributed by atoms with Gasteiger partial charge in [0.15, 0.2) is 0 Å². The zero-order valence-electron chi connectivity index (χ0n) is 15.6. The van der Waals surface area contributed by atoms with E-state index in [1.807, 2.05) is 41.0 Å². The average Bonchev–Trinajstić information content (AvgIpc) is 2.92. The smallest absolute Gasteiger partial charge is 0.317 e. The summed E-state index contributed by atoms with van der Waals surface area (Å²) < 4.78 is 0. The van der Waals surface area contributed by atoms with Crippen molar-refractivity contribution in [3.63, 3.8) is 0 Å². The highest BCUT2D eigenvalue weighted by molar-refractivity contribution is 6.30. The Morgan fingerprint density at radius 3 is 2.54 bits per heavy atom. The van der Waals surface area contributed by atoms with Crippen LogP contribution in [0, 0.1) is 5.41 Å². The van der Waals surface area contributed by atoms with Crippen molar-refractivity contribution in [2.75, 3.05) is 19.6 Å². The van der Waals surface area contributed by atoms with Gasteiger partial charge < -0.3 is 15.1 Å². The lowest BCUT2D eigenvalue weighted by Gasteiger charge is -2.39. The number of piperidine rings is 1. The summed E-state index contributed by atoms with van der Waals surface area (Å²) in [4.78, 5) is 28.7. The van der Waals surface area contributed by atoms with Crippen molar-refractivity contribution >= 4 is 23.5 Å². The zero-order chi connectivity index (χ0) is 18.7. The van der Waals surface area contributed by atoms with Gasteiger partial charge in [0.1, 0.15) is 0 Å². The van der Waals surface area contributed by atoms with Crippen LogP contribution < -0.4 is 5.32 Å². The van der Waals surface area contributed by atoms with E-state index in [1.54, 1.807) is 0 Å². The third kappa shape index (κ3) is 4.32. The van der Waals surface area contributed by atoms with Gasteiger partial charge in [0, 0.05) is 49.1 Å². The summed E-state index contributed by atoms with van der Waals surface area (Å²) in [6.45, 7) is 6.96. The van der Waals surface area contributed by atoms with Crippen LogP contribution in [0.25, 0.3) is 0 Å². The van der Waals surface area contributed by atoms with Gasteiger partial charge in [-0.15, -0.1) is 0 Å². The van der Waals surface area contributed by atoms with Gasteiger partial charge in [0.05, 0.1) is 0 Å². The quantitative estimate of drug-likeness (QED) is 0.870. The van der Waals surface area contributed by atoms with E-state index in [9.17, 15) is 9.59 Å². The van der Waals surface area contributed by atoms with Crippen molar-refractivity contribution in [3.05, 3.63) is 34.9 Å². The molecule has 1 atom stereocenters. The number of rotatable bonds is 4. The second-order valence-corrected chi connectivity index (χ2v) is 8.24. The topological polar surface area (TPSA) is 52.7 Å². The van der Waals surface area contributed by atoms with Gasteiger partial charge in [-0.25, -0.2) is 4.79 Å². The molecule has 0 bridgehead atoms. The van der Waals surface area contributed by atoms with Gasteiger partial charge in [-0.1, -0.05) is 30.7 Å². The highest BCUT2D eigenvalue weighted by atomic mass is 35.5. The number of benzene rings is 1. The summed E-state index contributed by atoms with van der Waals surface area (Å²) in [5.74, 6) is 0.220. The number of nitrogens with one attached hydrogen (secondary N) is 1. The summed E-state index contributed by atoms with van der Waals surface area (Å²) in [5.41, 5.74) is 1.13. The molecular weight excluding hydrogens is 350 g/mol. The lowest BCUT2D eigenvalue weighted by molar-refractivity contribution is -0.128. The van der Waals surface area contributed by atoms with Crippen LogP contribution in [-0.2, 0) is 11.3 Å². The molecule has 0 aliphatic carbocycles. The van der Waals surface area contributed by atoms with Gasteiger partial charge in [-0.2, -0.15) is 0 Å². The molecule has 1 N–H and O–H groups in total. The second kappa shape index (κ2) is 7.87. The fourth-order valence-corrected chi connectivity index (χ4v) is 3.99. The van der Waals surface area contributed by atoms with Crippen molar-refractivity contribution in [2.24, 2.45) is 5.41 Å². The molecule has 1 aromatic rings. The van der Waals surface area contributed by atoms with E-state index in [4.69, 9.17) is 11.6 Å². The number of urea groups is 1. The van der Waals surface area contributed by atoms with Gasteiger partial charge >= 0.3 is 6.03 Å². The molecule has 26 heavy (non-hydrogen) atoms. The van der Waals surface area contributed by atoms with Crippen LogP contribution in [0.3, 0.4) is 0 Å². The molecule has 2 fully saturated rings. The Labute approximate surface area is 160 Å². The Morgan fingerprint density at radius 2 is 1.92 bits per heavy atom. The van der Waals surface area contributed by atoms with Gasteiger partial charge in [-0.05, 0) is 43.9 Å².